The number of carbonyl (C=O) groups is 1. The van der Waals surface area contributed by atoms with Gasteiger partial charge in [-0.15, -0.1) is 0 Å². The Kier molecular flexibility index (Phi) is 3.48. The SMILES string of the molecule is C=C(OC)C(=O)O[SH](=O)=O. The van der Waals surface area contributed by atoms with Crippen molar-refractivity contribution in [3.63, 3.8) is 0 Å². The predicted octanol–water partition coefficient (Wildman–Crippen LogP) is -0.784. The molecule has 0 N–H and O–H groups in total. The van der Waals surface area contributed by atoms with Crippen LogP contribution < -0.4 is 0 Å². The molecular weight excluding hydrogens is 160 g/mol. The lowest BCUT2D eigenvalue weighted by atomic mass is 10.6. The Hall–Kier alpha value is -1.04. The molecule has 0 aliphatic rings. The minimum Gasteiger partial charge on any atom is -0.490 e. The quantitative estimate of drug-likeness (QED) is 0.338. The van der Waals surface area contributed by atoms with E-state index in [9.17, 15) is 13.2 Å². The van der Waals surface area contributed by atoms with Crippen LogP contribution in [0.25, 0.3) is 0 Å². The summed E-state index contributed by atoms with van der Waals surface area (Å²) in [5.41, 5.74) is 0. The highest BCUT2D eigenvalue weighted by Gasteiger charge is 2.08. The van der Waals surface area contributed by atoms with E-state index in [-0.39, 0.29) is 5.76 Å². The first-order valence-electron chi connectivity index (χ1n) is 2.17. The highest BCUT2D eigenvalue weighted by atomic mass is 32.2. The van der Waals surface area contributed by atoms with Crippen LogP contribution in [0.2, 0.25) is 0 Å². The van der Waals surface area contributed by atoms with Crippen LogP contribution in [0.3, 0.4) is 0 Å². The molecule has 0 amide bonds. The molecule has 0 aromatic heterocycles. The van der Waals surface area contributed by atoms with Crippen molar-refractivity contribution in [2.75, 3.05) is 7.11 Å². The van der Waals surface area contributed by atoms with E-state index in [0.29, 0.717) is 0 Å². The van der Waals surface area contributed by atoms with Crippen LogP contribution in [0.4, 0.5) is 0 Å². The van der Waals surface area contributed by atoms with Crippen molar-refractivity contribution in [2.45, 2.75) is 0 Å². The minimum absolute atomic E-state index is 0.348. The van der Waals surface area contributed by atoms with Gasteiger partial charge in [-0.1, -0.05) is 0 Å². The molecule has 0 radical (unpaired) electrons. The summed E-state index contributed by atoms with van der Waals surface area (Å²) in [6.45, 7) is 3.06. The number of hydrogen-bond donors (Lipinski definition) is 1. The van der Waals surface area contributed by atoms with Crippen molar-refractivity contribution < 1.29 is 22.1 Å². The molecule has 0 unspecified atom stereocenters. The largest absolute Gasteiger partial charge is 0.490 e. The molecule has 0 spiro atoms. The number of thiol groups is 1. The molecule has 6 heteroatoms. The van der Waals surface area contributed by atoms with E-state index in [1.807, 2.05) is 0 Å². The second kappa shape index (κ2) is 3.89. The predicted molar refractivity (Wildman–Crippen MR) is 32.6 cm³/mol. The summed E-state index contributed by atoms with van der Waals surface area (Å²) in [6.07, 6.45) is 0. The van der Waals surface area contributed by atoms with Crippen molar-refractivity contribution in [1.29, 1.82) is 0 Å². The average molecular weight is 166 g/mol. The maximum atomic E-state index is 10.4. The van der Waals surface area contributed by atoms with Crippen molar-refractivity contribution in [3.8, 4) is 0 Å². The fourth-order valence-corrected chi connectivity index (χ4v) is 0.439. The third kappa shape index (κ3) is 3.08. The molecule has 0 aromatic rings. The molecule has 0 atom stereocenters. The summed E-state index contributed by atoms with van der Waals surface area (Å²) in [4.78, 5) is 10.4. The Balaban J connectivity index is 3.98. The van der Waals surface area contributed by atoms with Gasteiger partial charge in [-0.2, -0.15) is 8.42 Å². The van der Waals surface area contributed by atoms with E-state index >= 15 is 0 Å². The number of rotatable bonds is 3. The van der Waals surface area contributed by atoms with Gasteiger partial charge in [0.25, 0.3) is 0 Å². The van der Waals surface area contributed by atoms with Gasteiger partial charge in [-0.3, -0.25) is 0 Å². The highest BCUT2D eigenvalue weighted by Crippen LogP contribution is 1.93. The van der Waals surface area contributed by atoms with Gasteiger partial charge in [0.05, 0.1) is 7.11 Å². The van der Waals surface area contributed by atoms with Crippen molar-refractivity contribution in [1.82, 2.24) is 0 Å². The third-order valence-electron chi connectivity index (χ3n) is 0.632. The Morgan fingerprint density at radius 3 is 2.30 bits per heavy atom. The number of methoxy groups -OCH3 is 1. The summed E-state index contributed by atoms with van der Waals surface area (Å²) in [5, 5.41) is 0. The van der Waals surface area contributed by atoms with Crippen LogP contribution in [0.15, 0.2) is 12.3 Å². The molecule has 0 saturated carbocycles. The minimum atomic E-state index is -3.17. The lowest BCUT2D eigenvalue weighted by molar-refractivity contribution is -0.132. The lowest BCUT2D eigenvalue weighted by Gasteiger charge is -1.97. The van der Waals surface area contributed by atoms with E-state index in [2.05, 4.69) is 15.5 Å². The standard InChI is InChI=1S/C4H6O5S/c1-3(8-2)4(5)9-10(6)7/h10H,1H2,2H3. The summed E-state index contributed by atoms with van der Waals surface area (Å²) < 4.78 is 27.4. The van der Waals surface area contributed by atoms with E-state index < -0.39 is 17.0 Å². The summed E-state index contributed by atoms with van der Waals surface area (Å²) >= 11 is 0. The van der Waals surface area contributed by atoms with E-state index in [1.54, 1.807) is 0 Å². The zero-order valence-electron chi connectivity index (χ0n) is 5.20. The van der Waals surface area contributed by atoms with Crippen molar-refractivity contribution >= 4 is 17.0 Å². The van der Waals surface area contributed by atoms with Crippen molar-refractivity contribution in [2.24, 2.45) is 0 Å². The molecule has 0 heterocycles. The van der Waals surface area contributed by atoms with Crippen LogP contribution >= 0.6 is 0 Å². The van der Waals surface area contributed by atoms with Crippen molar-refractivity contribution in [3.05, 3.63) is 12.3 Å². The normalized spacial score (nSPS) is 9.00. The Labute approximate surface area is 59.4 Å². The van der Waals surface area contributed by atoms with Crippen LogP contribution in [-0.2, 0) is 24.7 Å². The average Bonchev–Trinajstić information content (AvgIpc) is 1.85. The van der Waals surface area contributed by atoms with Gasteiger partial charge in [-0.05, 0) is 6.58 Å². The van der Waals surface area contributed by atoms with Crippen LogP contribution in [-0.4, -0.2) is 21.5 Å². The number of hydrogen-bond acceptors (Lipinski definition) is 5. The molecule has 10 heavy (non-hydrogen) atoms. The lowest BCUT2D eigenvalue weighted by Crippen LogP contribution is -2.06. The summed E-state index contributed by atoms with van der Waals surface area (Å²) in [7, 11) is -1.99. The second-order valence-electron chi connectivity index (χ2n) is 1.23. The first-order chi connectivity index (χ1) is 4.57. The van der Waals surface area contributed by atoms with Crippen LogP contribution in [0.1, 0.15) is 0 Å². The van der Waals surface area contributed by atoms with Crippen LogP contribution in [0.5, 0.6) is 0 Å². The van der Waals surface area contributed by atoms with Gasteiger partial charge in [0.15, 0.2) is 5.76 Å². The van der Waals surface area contributed by atoms with Gasteiger partial charge >= 0.3 is 17.0 Å². The fraction of sp³-hybridized carbons (Fsp3) is 0.250. The third-order valence-corrected chi connectivity index (χ3v) is 0.946. The van der Waals surface area contributed by atoms with E-state index in [1.165, 1.54) is 7.11 Å². The number of ether oxygens (including phenoxy) is 1. The monoisotopic (exact) mass is 166 g/mol. The summed E-state index contributed by atoms with van der Waals surface area (Å²) in [5.74, 6) is -1.45. The van der Waals surface area contributed by atoms with Crippen LogP contribution in [0, 0.1) is 0 Å². The van der Waals surface area contributed by atoms with Gasteiger partial charge in [0, 0.05) is 0 Å². The molecule has 0 bridgehead atoms. The van der Waals surface area contributed by atoms with Gasteiger partial charge < -0.3 is 8.92 Å². The summed E-state index contributed by atoms with van der Waals surface area (Å²) in [6, 6.07) is 0. The second-order valence-corrected chi connectivity index (χ2v) is 1.86. The molecule has 5 nitrogen and oxygen atoms in total. The molecule has 58 valence electrons. The molecular formula is C4H6O5S. The van der Waals surface area contributed by atoms with Gasteiger partial charge in [0.1, 0.15) is 0 Å². The molecule has 0 aliphatic heterocycles. The molecule has 0 aromatic carbocycles. The van der Waals surface area contributed by atoms with E-state index in [0.717, 1.165) is 0 Å². The fourth-order valence-electron chi connectivity index (χ4n) is 0.202. The van der Waals surface area contributed by atoms with Gasteiger partial charge in [-0.25, -0.2) is 4.79 Å². The zero-order valence-corrected chi connectivity index (χ0v) is 6.09. The molecule has 0 fully saturated rings. The number of carbonyl (C=O) groups excluding carboxylic acids is 1. The highest BCUT2D eigenvalue weighted by molar-refractivity contribution is 7.67. The zero-order chi connectivity index (χ0) is 8.15. The topological polar surface area (TPSA) is 69.7 Å². The maximum Gasteiger partial charge on any atom is 0.388 e. The smallest absolute Gasteiger partial charge is 0.388 e. The first kappa shape index (κ1) is 8.96. The Morgan fingerprint density at radius 2 is 2.00 bits per heavy atom. The first-order valence-corrected chi connectivity index (χ1v) is 3.27. The Bertz CT molecular complexity index is 208. The Morgan fingerprint density at radius 1 is 1.50 bits per heavy atom. The molecule has 0 aliphatic carbocycles. The molecule has 0 saturated heterocycles. The maximum absolute atomic E-state index is 10.4. The van der Waals surface area contributed by atoms with Gasteiger partial charge in [0.2, 0.25) is 0 Å². The molecule has 0 rings (SSSR count). The van der Waals surface area contributed by atoms with E-state index in [4.69, 9.17) is 0 Å².